The van der Waals surface area contributed by atoms with Gasteiger partial charge in [-0.25, -0.2) is 0 Å². The Labute approximate surface area is 136 Å². The van der Waals surface area contributed by atoms with Gasteiger partial charge < -0.3 is 14.6 Å². The number of aromatic amines is 1. The molecular weight excluding hydrogens is 306 g/mol. The second kappa shape index (κ2) is 5.75. The number of aliphatic hydroxyl groups is 1. The molecule has 2 N–H and O–H groups in total. The van der Waals surface area contributed by atoms with Gasteiger partial charge in [0.25, 0.3) is 5.89 Å². The number of aliphatic hydroxyl groups excluding tert-OH is 1. The van der Waals surface area contributed by atoms with Crippen LogP contribution in [0.3, 0.4) is 0 Å². The minimum absolute atomic E-state index is 0.0583. The first-order chi connectivity index (χ1) is 11.7. The maximum atomic E-state index is 11.9. The molecule has 2 heterocycles. The van der Waals surface area contributed by atoms with E-state index in [1.165, 1.54) is 6.07 Å². The quantitative estimate of drug-likeness (QED) is 0.606. The number of hydrogen-bond donors (Lipinski definition) is 2. The van der Waals surface area contributed by atoms with Gasteiger partial charge in [-0.2, -0.15) is 4.98 Å². The van der Waals surface area contributed by atoms with Crippen molar-refractivity contribution >= 4 is 10.9 Å². The van der Waals surface area contributed by atoms with Crippen LogP contribution in [0.15, 0.2) is 63.9 Å². The van der Waals surface area contributed by atoms with Gasteiger partial charge in [0, 0.05) is 22.5 Å². The van der Waals surface area contributed by atoms with Crippen molar-refractivity contribution in [1.29, 1.82) is 0 Å². The summed E-state index contributed by atoms with van der Waals surface area (Å²) in [6.45, 7) is -0.0583. The number of nitrogens with one attached hydrogen (secondary N) is 1. The Hall–Kier alpha value is -3.25. The third kappa shape index (κ3) is 2.49. The van der Waals surface area contributed by atoms with E-state index >= 15 is 0 Å². The van der Waals surface area contributed by atoms with Crippen LogP contribution in [-0.4, -0.2) is 20.2 Å². The predicted molar refractivity (Wildman–Crippen MR) is 89.2 cm³/mol. The molecule has 0 bridgehead atoms. The van der Waals surface area contributed by atoms with E-state index in [-0.39, 0.29) is 18.1 Å². The first kappa shape index (κ1) is 14.3. The van der Waals surface area contributed by atoms with Gasteiger partial charge in [0.1, 0.15) is 0 Å². The molecular formula is C18H13N3O3. The van der Waals surface area contributed by atoms with Crippen molar-refractivity contribution in [2.45, 2.75) is 6.61 Å². The number of para-hydroxylation sites is 1. The van der Waals surface area contributed by atoms with E-state index in [1.54, 1.807) is 6.07 Å². The Balaban J connectivity index is 1.85. The molecule has 2 aromatic carbocycles. The van der Waals surface area contributed by atoms with Crippen molar-refractivity contribution < 1.29 is 9.63 Å². The van der Waals surface area contributed by atoms with E-state index in [0.29, 0.717) is 16.9 Å². The molecule has 0 aliphatic carbocycles. The molecule has 0 aliphatic rings. The van der Waals surface area contributed by atoms with Crippen LogP contribution in [0.5, 0.6) is 0 Å². The van der Waals surface area contributed by atoms with Crippen LogP contribution >= 0.6 is 0 Å². The zero-order valence-corrected chi connectivity index (χ0v) is 12.6. The topological polar surface area (TPSA) is 92.0 Å². The number of nitrogens with zero attached hydrogens (tertiary/aromatic N) is 2. The Morgan fingerprint density at radius 2 is 1.96 bits per heavy atom. The average Bonchev–Trinajstić information content (AvgIpc) is 3.11. The normalized spacial score (nSPS) is 11.0. The summed E-state index contributed by atoms with van der Waals surface area (Å²) in [6.07, 6.45) is 0. The zero-order valence-electron chi connectivity index (χ0n) is 12.6. The van der Waals surface area contributed by atoms with Crippen LogP contribution in [0.2, 0.25) is 0 Å². The Morgan fingerprint density at radius 1 is 1.08 bits per heavy atom. The number of pyridine rings is 1. The first-order valence-corrected chi connectivity index (χ1v) is 7.41. The molecule has 6 nitrogen and oxygen atoms in total. The highest BCUT2D eigenvalue weighted by Crippen LogP contribution is 2.27. The summed E-state index contributed by atoms with van der Waals surface area (Å²) in [4.78, 5) is 19.1. The maximum Gasteiger partial charge on any atom is 0.259 e. The fourth-order valence-electron chi connectivity index (χ4n) is 2.64. The second-order valence-corrected chi connectivity index (χ2v) is 5.37. The lowest BCUT2D eigenvalue weighted by molar-refractivity contribution is 0.282. The number of H-pyrrole nitrogens is 1. The Kier molecular flexibility index (Phi) is 3.44. The first-order valence-electron chi connectivity index (χ1n) is 7.41. The van der Waals surface area contributed by atoms with Gasteiger partial charge in [-0.1, -0.05) is 41.6 Å². The van der Waals surface area contributed by atoms with Gasteiger partial charge >= 0.3 is 0 Å². The summed E-state index contributed by atoms with van der Waals surface area (Å²) in [5, 5.41) is 14.1. The Morgan fingerprint density at radius 3 is 2.83 bits per heavy atom. The van der Waals surface area contributed by atoms with Crippen LogP contribution < -0.4 is 5.56 Å². The van der Waals surface area contributed by atoms with E-state index in [2.05, 4.69) is 15.1 Å². The molecule has 0 saturated heterocycles. The monoisotopic (exact) mass is 319 g/mol. The summed E-state index contributed by atoms with van der Waals surface area (Å²) < 4.78 is 5.37. The molecule has 4 aromatic rings. The SMILES string of the molecule is O=c1cc(-c2nc(-c3cccc(CO)c3)no2)c2ccccc2[nH]1. The minimum Gasteiger partial charge on any atom is -0.392 e. The van der Waals surface area contributed by atoms with Gasteiger partial charge in [0.05, 0.1) is 12.2 Å². The average molecular weight is 319 g/mol. The highest BCUT2D eigenvalue weighted by atomic mass is 16.5. The van der Waals surface area contributed by atoms with E-state index in [0.717, 1.165) is 16.5 Å². The minimum atomic E-state index is -0.231. The summed E-state index contributed by atoms with van der Waals surface area (Å²) >= 11 is 0. The number of rotatable bonds is 3. The molecule has 24 heavy (non-hydrogen) atoms. The fraction of sp³-hybridized carbons (Fsp3) is 0.0556. The van der Waals surface area contributed by atoms with E-state index in [4.69, 9.17) is 4.52 Å². The predicted octanol–water partition coefficient (Wildman–Crippen LogP) is 2.74. The largest absolute Gasteiger partial charge is 0.392 e. The molecule has 2 aromatic heterocycles. The van der Waals surface area contributed by atoms with Crippen molar-refractivity contribution in [3.63, 3.8) is 0 Å². The van der Waals surface area contributed by atoms with Crippen molar-refractivity contribution in [3.8, 4) is 22.8 Å². The molecule has 118 valence electrons. The fourth-order valence-corrected chi connectivity index (χ4v) is 2.64. The summed E-state index contributed by atoms with van der Waals surface area (Å²) in [7, 11) is 0. The molecule has 4 rings (SSSR count). The smallest absolute Gasteiger partial charge is 0.259 e. The van der Waals surface area contributed by atoms with E-state index < -0.39 is 0 Å². The lowest BCUT2D eigenvalue weighted by atomic mass is 10.1. The highest BCUT2D eigenvalue weighted by molar-refractivity contribution is 5.92. The molecule has 0 spiro atoms. The summed E-state index contributed by atoms with van der Waals surface area (Å²) in [6, 6.07) is 16.2. The number of aromatic nitrogens is 3. The standard InChI is InChI=1S/C18H13N3O3/c22-10-11-4-3-5-12(8-11)17-20-18(24-21-17)14-9-16(23)19-15-7-2-1-6-13(14)15/h1-9,22H,10H2,(H,19,23). The molecule has 0 aliphatic heterocycles. The van der Waals surface area contributed by atoms with Crippen LogP contribution in [0.25, 0.3) is 33.7 Å². The lowest BCUT2D eigenvalue weighted by Gasteiger charge is -2.01. The van der Waals surface area contributed by atoms with Gasteiger partial charge in [-0.15, -0.1) is 0 Å². The number of fused-ring (bicyclic) bond motifs is 1. The summed E-state index contributed by atoms with van der Waals surface area (Å²) in [5.74, 6) is 0.686. The van der Waals surface area contributed by atoms with Crippen LogP contribution in [0.1, 0.15) is 5.56 Å². The zero-order chi connectivity index (χ0) is 16.5. The van der Waals surface area contributed by atoms with Crippen LogP contribution in [0, 0.1) is 0 Å². The van der Waals surface area contributed by atoms with Gasteiger partial charge in [0.15, 0.2) is 0 Å². The third-order valence-corrected chi connectivity index (χ3v) is 3.77. The van der Waals surface area contributed by atoms with Crippen LogP contribution in [0.4, 0.5) is 0 Å². The van der Waals surface area contributed by atoms with Crippen molar-refractivity contribution in [3.05, 3.63) is 70.5 Å². The molecule has 6 heteroatoms. The van der Waals surface area contributed by atoms with Gasteiger partial charge in [-0.3, -0.25) is 4.79 Å². The van der Waals surface area contributed by atoms with Gasteiger partial charge in [-0.05, 0) is 17.7 Å². The molecule has 0 amide bonds. The Bertz CT molecular complexity index is 1080. The number of hydrogen-bond acceptors (Lipinski definition) is 5. The highest BCUT2D eigenvalue weighted by Gasteiger charge is 2.14. The van der Waals surface area contributed by atoms with Crippen molar-refractivity contribution in [2.24, 2.45) is 0 Å². The third-order valence-electron chi connectivity index (χ3n) is 3.77. The molecule has 0 unspecified atom stereocenters. The maximum absolute atomic E-state index is 11.9. The lowest BCUT2D eigenvalue weighted by Crippen LogP contribution is -2.04. The van der Waals surface area contributed by atoms with E-state index in [1.807, 2.05) is 42.5 Å². The van der Waals surface area contributed by atoms with Crippen molar-refractivity contribution in [2.75, 3.05) is 0 Å². The summed E-state index contributed by atoms with van der Waals surface area (Å²) in [5.41, 5.74) is 2.57. The van der Waals surface area contributed by atoms with E-state index in [9.17, 15) is 9.90 Å². The molecule has 0 atom stereocenters. The second-order valence-electron chi connectivity index (χ2n) is 5.37. The molecule has 0 saturated carbocycles. The van der Waals surface area contributed by atoms with Crippen molar-refractivity contribution in [1.82, 2.24) is 15.1 Å². The number of benzene rings is 2. The molecule has 0 fully saturated rings. The van der Waals surface area contributed by atoms with Gasteiger partial charge in [0.2, 0.25) is 11.4 Å². The molecule has 0 radical (unpaired) electrons. The van der Waals surface area contributed by atoms with Crippen LogP contribution in [-0.2, 0) is 6.61 Å².